The van der Waals surface area contributed by atoms with Crippen LogP contribution in [0.2, 0.25) is 0 Å². The fraction of sp³-hybridized carbons (Fsp3) is 0.200. The number of fused-ring (bicyclic) bond motifs is 1. The minimum absolute atomic E-state index is 0.352. The fourth-order valence-electron chi connectivity index (χ4n) is 2.07. The number of aryl methyl sites for hydroxylation is 1. The van der Waals surface area contributed by atoms with Gasteiger partial charge in [0.05, 0.1) is 5.39 Å². The number of nitrogens with one attached hydrogen (secondary N) is 1. The Balaban J connectivity index is 1.84. The number of anilines is 1. The van der Waals surface area contributed by atoms with Gasteiger partial charge in [-0.2, -0.15) is 0 Å². The van der Waals surface area contributed by atoms with E-state index in [-0.39, 0.29) is 0 Å². The molecule has 0 fully saturated rings. The minimum Gasteiger partial charge on any atom is -0.485 e. The van der Waals surface area contributed by atoms with Crippen molar-refractivity contribution >= 4 is 43.3 Å². The highest BCUT2D eigenvalue weighted by atomic mass is 79.9. The number of thiophene rings is 1. The SMILES string of the molecule is CNc1nc(COc2ccc(Br)cc2C)nc2sccc12. The summed E-state index contributed by atoms with van der Waals surface area (Å²) in [6.45, 7) is 2.37. The van der Waals surface area contributed by atoms with Crippen molar-refractivity contribution in [2.45, 2.75) is 13.5 Å². The van der Waals surface area contributed by atoms with Gasteiger partial charge < -0.3 is 10.1 Å². The maximum atomic E-state index is 5.83. The van der Waals surface area contributed by atoms with Crippen molar-refractivity contribution in [3.05, 3.63) is 45.5 Å². The lowest BCUT2D eigenvalue weighted by atomic mass is 10.2. The third-order valence-corrected chi connectivity index (χ3v) is 4.40. The van der Waals surface area contributed by atoms with Crippen molar-refractivity contribution < 1.29 is 4.74 Å². The Kier molecular flexibility index (Phi) is 4.07. The van der Waals surface area contributed by atoms with Gasteiger partial charge in [0.1, 0.15) is 23.0 Å². The maximum absolute atomic E-state index is 5.83. The minimum atomic E-state index is 0.352. The summed E-state index contributed by atoms with van der Waals surface area (Å²) < 4.78 is 6.88. The molecule has 6 heteroatoms. The van der Waals surface area contributed by atoms with Gasteiger partial charge in [0.2, 0.25) is 0 Å². The number of ether oxygens (including phenoxy) is 1. The smallest absolute Gasteiger partial charge is 0.169 e. The molecule has 21 heavy (non-hydrogen) atoms. The lowest BCUT2D eigenvalue weighted by Crippen LogP contribution is -2.05. The van der Waals surface area contributed by atoms with E-state index in [0.717, 1.165) is 31.8 Å². The van der Waals surface area contributed by atoms with Crippen LogP contribution in [0.1, 0.15) is 11.4 Å². The molecule has 0 aliphatic rings. The topological polar surface area (TPSA) is 47.0 Å². The van der Waals surface area contributed by atoms with E-state index in [1.54, 1.807) is 11.3 Å². The second-order valence-electron chi connectivity index (χ2n) is 4.58. The predicted octanol–water partition coefficient (Wildman–Crippen LogP) is 4.38. The number of benzene rings is 1. The monoisotopic (exact) mass is 363 g/mol. The Morgan fingerprint density at radius 3 is 2.90 bits per heavy atom. The van der Waals surface area contributed by atoms with Gasteiger partial charge in [0.15, 0.2) is 5.82 Å². The Hall–Kier alpha value is -1.66. The molecule has 3 rings (SSSR count). The van der Waals surface area contributed by atoms with Gasteiger partial charge >= 0.3 is 0 Å². The largest absolute Gasteiger partial charge is 0.485 e. The van der Waals surface area contributed by atoms with Crippen molar-refractivity contribution in [1.82, 2.24) is 9.97 Å². The van der Waals surface area contributed by atoms with Crippen LogP contribution in [0, 0.1) is 6.92 Å². The molecule has 0 unspecified atom stereocenters. The summed E-state index contributed by atoms with van der Waals surface area (Å²) in [5.74, 6) is 2.36. The van der Waals surface area contributed by atoms with Gasteiger partial charge in [-0.05, 0) is 42.1 Å². The molecular weight excluding hydrogens is 350 g/mol. The van der Waals surface area contributed by atoms with Gasteiger partial charge in [-0.3, -0.25) is 0 Å². The molecule has 3 aromatic rings. The average molecular weight is 364 g/mol. The molecule has 2 heterocycles. The van der Waals surface area contributed by atoms with Crippen LogP contribution in [0.25, 0.3) is 10.2 Å². The first kappa shape index (κ1) is 14.3. The third kappa shape index (κ3) is 3.01. The number of rotatable bonds is 4. The molecule has 1 aromatic carbocycles. The number of halogens is 1. The molecule has 0 spiro atoms. The van der Waals surface area contributed by atoms with E-state index in [0.29, 0.717) is 12.4 Å². The van der Waals surface area contributed by atoms with Crippen molar-refractivity contribution in [3.8, 4) is 5.75 Å². The molecule has 1 N–H and O–H groups in total. The van der Waals surface area contributed by atoms with Crippen LogP contribution in [0.5, 0.6) is 5.75 Å². The lowest BCUT2D eigenvalue weighted by molar-refractivity contribution is 0.294. The molecule has 2 aromatic heterocycles. The summed E-state index contributed by atoms with van der Waals surface area (Å²) in [7, 11) is 1.86. The summed E-state index contributed by atoms with van der Waals surface area (Å²) in [6.07, 6.45) is 0. The third-order valence-electron chi connectivity index (χ3n) is 3.10. The normalized spacial score (nSPS) is 10.8. The van der Waals surface area contributed by atoms with E-state index in [4.69, 9.17) is 4.74 Å². The molecular formula is C15H14BrN3OS. The first-order valence-electron chi connectivity index (χ1n) is 6.48. The summed E-state index contributed by atoms with van der Waals surface area (Å²) in [4.78, 5) is 10.0. The molecule has 0 atom stereocenters. The summed E-state index contributed by atoms with van der Waals surface area (Å²) in [5, 5.41) is 6.17. The maximum Gasteiger partial charge on any atom is 0.169 e. The van der Waals surface area contributed by atoms with E-state index in [9.17, 15) is 0 Å². The molecule has 108 valence electrons. The summed E-state index contributed by atoms with van der Waals surface area (Å²) >= 11 is 5.05. The van der Waals surface area contributed by atoms with Gasteiger partial charge in [0, 0.05) is 11.5 Å². The molecule has 4 nitrogen and oxygen atoms in total. The summed E-state index contributed by atoms with van der Waals surface area (Å²) in [6, 6.07) is 7.96. The Morgan fingerprint density at radius 1 is 1.29 bits per heavy atom. The van der Waals surface area contributed by atoms with Gasteiger partial charge in [0.25, 0.3) is 0 Å². The van der Waals surface area contributed by atoms with E-state index in [1.165, 1.54) is 0 Å². The molecule has 0 radical (unpaired) electrons. The molecule has 0 amide bonds. The summed E-state index contributed by atoms with van der Waals surface area (Å²) in [5.41, 5.74) is 1.08. The average Bonchev–Trinajstić information content (AvgIpc) is 2.93. The zero-order valence-electron chi connectivity index (χ0n) is 11.7. The van der Waals surface area contributed by atoms with Crippen LogP contribution in [0.15, 0.2) is 34.1 Å². The highest BCUT2D eigenvalue weighted by molar-refractivity contribution is 9.10. The van der Waals surface area contributed by atoms with E-state index >= 15 is 0 Å². The van der Waals surface area contributed by atoms with Crippen LogP contribution in [-0.4, -0.2) is 17.0 Å². The number of hydrogen-bond acceptors (Lipinski definition) is 5. The standard InChI is InChI=1S/C15H14BrN3OS/c1-9-7-10(16)3-4-12(9)20-8-13-18-14(17-2)11-5-6-21-15(11)19-13/h3-7H,8H2,1-2H3,(H,17,18,19). The van der Waals surface area contributed by atoms with Gasteiger partial charge in [-0.15, -0.1) is 11.3 Å². The highest BCUT2D eigenvalue weighted by Gasteiger charge is 2.09. The van der Waals surface area contributed by atoms with Crippen LogP contribution in [0.4, 0.5) is 5.82 Å². The Morgan fingerprint density at radius 2 is 2.14 bits per heavy atom. The number of hydrogen-bond donors (Lipinski definition) is 1. The predicted molar refractivity (Wildman–Crippen MR) is 90.2 cm³/mol. The zero-order valence-corrected chi connectivity index (χ0v) is 14.1. The van der Waals surface area contributed by atoms with Crippen LogP contribution in [-0.2, 0) is 6.61 Å². The fourth-order valence-corrected chi connectivity index (χ4v) is 3.33. The molecule has 0 aliphatic carbocycles. The quantitative estimate of drug-likeness (QED) is 0.746. The Labute approximate surface area is 135 Å². The second-order valence-corrected chi connectivity index (χ2v) is 6.39. The van der Waals surface area contributed by atoms with Gasteiger partial charge in [-0.25, -0.2) is 9.97 Å². The zero-order chi connectivity index (χ0) is 14.8. The van der Waals surface area contributed by atoms with Crippen LogP contribution in [0.3, 0.4) is 0 Å². The van der Waals surface area contributed by atoms with Crippen molar-refractivity contribution in [2.75, 3.05) is 12.4 Å². The van der Waals surface area contributed by atoms with Crippen molar-refractivity contribution in [3.63, 3.8) is 0 Å². The first-order valence-corrected chi connectivity index (χ1v) is 8.15. The van der Waals surface area contributed by atoms with Crippen molar-refractivity contribution in [1.29, 1.82) is 0 Å². The van der Waals surface area contributed by atoms with E-state index < -0.39 is 0 Å². The molecule has 0 aliphatic heterocycles. The van der Waals surface area contributed by atoms with E-state index in [1.807, 2.05) is 43.6 Å². The van der Waals surface area contributed by atoms with Crippen LogP contribution >= 0.6 is 27.3 Å². The first-order chi connectivity index (χ1) is 10.2. The number of aromatic nitrogens is 2. The molecule has 0 saturated carbocycles. The molecule has 0 bridgehead atoms. The van der Waals surface area contributed by atoms with Gasteiger partial charge in [-0.1, -0.05) is 15.9 Å². The second kappa shape index (κ2) is 5.99. The number of nitrogens with zero attached hydrogens (tertiary/aromatic N) is 2. The van der Waals surface area contributed by atoms with E-state index in [2.05, 4.69) is 31.2 Å². The molecule has 0 saturated heterocycles. The van der Waals surface area contributed by atoms with Crippen LogP contribution < -0.4 is 10.1 Å². The van der Waals surface area contributed by atoms with Crippen molar-refractivity contribution in [2.24, 2.45) is 0 Å². The highest BCUT2D eigenvalue weighted by Crippen LogP contribution is 2.26. The Bertz CT molecular complexity index is 788. The lowest BCUT2D eigenvalue weighted by Gasteiger charge is -2.10.